The molecule has 1 spiro atoms. The molecule has 8 heteroatoms. The van der Waals surface area contributed by atoms with Crippen LogP contribution in [0.15, 0.2) is 59.1 Å². The molecule has 152 valence electrons. The summed E-state index contributed by atoms with van der Waals surface area (Å²) in [5.41, 5.74) is 1.65. The van der Waals surface area contributed by atoms with Crippen LogP contribution in [0.5, 0.6) is 0 Å². The van der Waals surface area contributed by atoms with Gasteiger partial charge in [-0.05, 0) is 36.4 Å². The standard InChI is InChI=1S/C22H21N5O2S/c28-20-22(11-5-2-6-12-22)24-21(29)27(20)23-14-16-15-26(17-8-3-1-4-9-17)25-19(16)18-10-7-13-30-18/h1,3-4,7-10,13-15H,2,5-6,11-12H2,(H,24,29). The Kier molecular flexibility index (Phi) is 4.71. The van der Waals surface area contributed by atoms with E-state index in [0.717, 1.165) is 46.1 Å². The van der Waals surface area contributed by atoms with Gasteiger partial charge in [-0.3, -0.25) is 4.79 Å². The van der Waals surface area contributed by atoms with Crippen LogP contribution >= 0.6 is 11.3 Å². The number of aromatic nitrogens is 2. The van der Waals surface area contributed by atoms with E-state index in [1.807, 2.05) is 54.0 Å². The first-order valence-corrected chi connectivity index (χ1v) is 10.9. The van der Waals surface area contributed by atoms with E-state index in [2.05, 4.69) is 10.4 Å². The molecule has 1 aliphatic heterocycles. The summed E-state index contributed by atoms with van der Waals surface area (Å²) in [7, 11) is 0. The van der Waals surface area contributed by atoms with E-state index >= 15 is 0 Å². The van der Waals surface area contributed by atoms with Gasteiger partial charge in [0.2, 0.25) is 0 Å². The van der Waals surface area contributed by atoms with Gasteiger partial charge in [-0.2, -0.15) is 10.2 Å². The van der Waals surface area contributed by atoms with Crippen molar-refractivity contribution in [1.82, 2.24) is 20.1 Å². The molecule has 3 aromatic rings. The minimum absolute atomic E-state index is 0.253. The van der Waals surface area contributed by atoms with Crippen LogP contribution < -0.4 is 5.32 Å². The summed E-state index contributed by atoms with van der Waals surface area (Å²) in [5, 5.41) is 14.8. The normalized spacial score (nSPS) is 18.5. The maximum atomic E-state index is 13.0. The van der Waals surface area contributed by atoms with Crippen LogP contribution in [0.25, 0.3) is 16.3 Å². The Morgan fingerprint density at radius 3 is 2.60 bits per heavy atom. The van der Waals surface area contributed by atoms with Crippen molar-refractivity contribution in [1.29, 1.82) is 0 Å². The molecular formula is C22H21N5O2S. The van der Waals surface area contributed by atoms with Gasteiger partial charge >= 0.3 is 6.03 Å². The first kappa shape index (κ1) is 18.7. The van der Waals surface area contributed by atoms with Crippen LogP contribution in [0, 0.1) is 0 Å². The molecule has 7 nitrogen and oxygen atoms in total. The summed E-state index contributed by atoms with van der Waals surface area (Å²) in [6, 6.07) is 13.3. The summed E-state index contributed by atoms with van der Waals surface area (Å²) < 4.78 is 1.78. The number of nitrogens with zero attached hydrogens (tertiary/aromatic N) is 4. The monoisotopic (exact) mass is 419 g/mol. The fraction of sp³-hybridized carbons (Fsp3) is 0.273. The minimum Gasteiger partial charge on any atom is -0.321 e. The SMILES string of the molecule is O=C1NC2(CCCCC2)C(=O)N1N=Cc1cn(-c2ccccc2)nc1-c1cccs1. The number of amides is 3. The maximum absolute atomic E-state index is 13.0. The Morgan fingerprint density at radius 1 is 1.07 bits per heavy atom. The highest BCUT2D eigenvalue weighted by atomic mass is 32.1. The Morgan fingerprint density at radius 2 is 1.87 bits per heavy atom. The average molecular weight is 420 g/mol. The summed E-state index contributed by atoms with van der Waals surface area (Å²) in [5.74, 6) is -0.253. The molecule has 0 radical (unpaired) electrons. The largest absolute Gasteiger partial charge is 0.346 e. The van der Waals surface area contributed by atoms with Gasteiger partial charge in [0.15, 0.2) is 0 Å². The van der Waals surface area contributed by atoms with E-state index < -0.39 is 11.6 Å². The third kappa shape index (κ3) is 3.23. The highest BCUT2D eigenvalue weighted by Gasteiger charge is 2.51. The minimum atomic E-state index is -0.780. The van der Waals surface area contributed by atoms with E-state index in [-0.39, 0.29) is 5.91 Å². The predicted octanol–water partition coefficient (Wildman–Crippen LogP) is 4.19. The van der Waals surface area contributed by atoms with Crippen molar-refractivity contribution in [2.45, 2.75) is 37.6 Å². The second-order valence-corrected chi connectivity index (χ2v) is 8.57. The van der Waals surface area contributed by atoms with Gasteiger partial charge in [-0.15, -0.1) is 16.3 Å². The zero-order valence-corrected chi connectivity index (χ0v) is 17.1. The summed E-state index contributed by atoms with van der Waals surface area (Å²) in [6.07, 6.45) is 7.75. The van der Waals surface area contributed by atoms with E-state index in [1.165, 1.54) is 0 Å². The lowest BCUT2D eigenvalue weighted by Crippen LogP contribution is -2.48. The van der Waals surface area contributed by atoms with Crippen molar-refractivity contribution in [3.05, 3.63) is 59.6 Å². The second kappa shape index (κ2) is 7.53. The lowest BCUT2D eigenvalue weighted by Gasteiger charge is -2.29. The molecule has 1 aliphatic carbocycles. The van der Waals surface area contributed by atoms with E-state index in [4.69, 9.17) is 5.10 Å². The van der Waals surface area contributed by atoms with E-state index in [0.29, 0.717) is 12.8 Å². The quantitative estimate of drug-likeness (QED) is 0.509. The van der Waals surface area contributed by atoms with Crippen molar-refractivity contribution in [3.8, 4) is 16.3 Å². The lowest BCUT2D eigenvalue weighted by atomic mass is 9.82. The number of para-hydroxylation sites is 1. The van der Waals surface area contributed by atoms with Crippen molar-refractivity contribution in [2.24, 2.45) is 5.10 Å². The highest BCUT2D eigenvalue weighted by Crippen LogP contribution is 2.34. The fourth-order valence-electron chi connectivity index (χ4n) is 4.12. The van der Waals surface area contributed by atoms with Crippen LogP contribution in [0.1, 0.15) is 37.7 Å². The first-order valence-electron chi connectivity index (χ1n) is 10.1. The average Bonchev–Trinajstić information content (AvgIpc) is 3.49. The van der Waals surface area contributed by atoms with Crippen molar-refractivity contribution < 1.29 is 9.59 Å². The molecule has 1 aromatic carbocycles. The smallest absolute Gasteiger partial charge is 0.321 e. The molecule has 3 heterocycles. The van der Waals surface area contributed by atoms with Crippen molar-refractivity contribution in [2.75, 3.05) is 0 Å². The topological polar surface area (TPSA) is 79.6 Å². The number of carbonyl (C=O) groups excluding carboxylic acids is 2. The molecule has 1 N–H and O–H groups in total. The van der Waals surface area contributed by atoms with Gasteiger partial charge in [0.1, 0.15) is 11.2 Å². The number of thiophene rings is 1. The predicted molar refractivity (Wildman–Crippen MR) is 116 cm³/mol. The van der Waals surface area contributed by atoms with Crippen molar-refractivity contribution >= 4 is 29.5 Å². The van der Waals surface area contributed by atoms with E-state index in [1.54, 1.807) is 22.2 Å². The van der Waals surface area contributed by atoms with Gasteiger partial charge in [0.05, 0.1) is 16.8 Å². The van der Waals surface area contributed by atoms with Crippen LogP contribution in [0.4, 0.5) is 4.79 Å². The summed E-state index contributed by atoms with van der Waals surface area (Å²) in [6.45, 7) is 0. The number of benzene rings is 1. The van der Waals surface area contributed by atoms with Gasteiger partial charge in [-0.1, -0.05) is 43.5 Å². The van der Waals surface area contributed by atoms with Crippen LogP contribution in [0.2, 0.25) is 0 Å². The van der Waals surface area contributed by atoms with Crippen LogP contribution in [0.3, 0.4) is 0 Å². The Bertz CT molecular complexity index is 1100. The Balaban J connectivity index is 1.48. The van der Waals surface area contributed by atoms with Gasteiger partial charge < -0.3 is 5.32 Å². The molecule has 5 rings (SSSR count). The Labute approximate surface area is 178 Å². The molecule has 0 bridgehead atoms. The van der Waals surface area contributed by atoms with Gasteiger partial charge in [-0.25, -0.2) is 9.48 Å². The van der Waals surface area contributed by atoms with Crippen LogP contribution in [-0.4, -0.2) is 38.5 Å². The highest BCUT2D eigenvalue weighted by molar-refractivity contribution is 7.13. The number of hydrogen-bond acceptors (Lipinski definition) is 5. The van der Waals surface area contributed by atoms with Crippen molar-refractivity contribution in [3.63, 3.8) is 0 Å². The molecule has 0 unspecified atom stereocenters. The number of rotatable bonds is 4. The second-order valence-electron chi connectivity index (χ2n) is 7.62. The van der Waals surface area contributed by atoms with Gasteiger partial charge in [0, 0.05) is 11.8 Å². The van der Waals surface area contributed by atoms with Crippen LogP contribution in [-0.2, 0) is 4.79 Å². The molecular weight excluding hydrogens is 398 g/mol. The zero-order chi connectivity index (χ0) is 20.6. The molecule has 2 aliphatic rings. The number of urea groups is 1. The number of hydrogen-bond donors (Lipinski definition) is 1. The molecule has 3 amide bonds. The summed E-state index contributed by atoms with van der Waals surface area (Å²) >= 11 is 1.58. The molecule has 2 fully saturated rings. The maximum Gasteiger partial charge on any atom is 0.346 e. The summed E-state index contributed by atoms with van der Waals surface area (Å²) in [4.78, 5) is 26.4. The number of nitrogens with one attached hydrogen (secondary N) is 1. The molecule has 2 aromatic heterocycles. The molecule has 1 saturated heterocycles. The number of imide groups is 1. The number of carbonyl (C=O) groups is 2. The zero-order valence-electron chi connectivity index (χ0n) is 16.3. The first-order chi connectivity index (χ1) is 14.7. The van der Waals surface area contributed by atoms with E-state index in [9.17, 15) is 9.59 Å². The number of hydrazone groups is 1. The lowest BCUT2D eigenvalue weighted by molar-refractivity contribution is -0.132. The molecule has 1 saturated carbocycles. The Hall–Kier alpha value is -3.26. The fourth-order valence-corrected chi connectivity index (χ4v) is 4.86. The third-order valence-electron chi connectivity index (χ3n) is 5.68. The molecule has 30 heavy (non-hydrogen) atoms. The third-order valence-corrected chi connectivity index (χ3v) is 6.55. The van der Waals surface area contributed by atoms with Gasteiger partial charge in [0.25, 0.3) is 5.91 Å². The molecule has 0 atom stereocenters.